The van der Waals surface area contributed by atoms with Gasteiger partial charge < -0.3 is 10.1 Å². The molecule has 1 amide bonds. The minimum absolute atomic E-state index is 0.108. The Balaban J connectivity index is 1.63. The van der Waals surface area contributed by atoms with Gasteiger partial charge in [0, 0.05) is 5.56 Å². The van der Waals surface area contributed by atoms with Crippen LogP contribution in [0.5, 0.6) is 5.75 Å². The lowest BCUT2D eigenvalue weighted by Crippen LogP contribution is -2.18. The molecule has 0 bridgehead atoms. The molecule has 0 fully saturated rings. The predicted molar refractivity (Wildman–Crippen MR) is 105 cm³/mol. The summed E-state index contributed by atoms with van der Waals surface area (Å²) in [7, 11) is -1.64. The number of para-hydroxylation sites is 1. The van der Waals surface area contributed by atoms with Gasteiger partial charge in [0.15, 0.2) is 9.84 Å². The molecule has 0 unspecified atom stereocenters. The number of nitrogens with one attached hydrogen (secondary N) is 1. The fourth-order valence-corrected chi connectivity index (χ4v) is 4.73. The SMILES string of the molecule is COc1ccc(CC(=O)Nc2c3c(nn2-c2ccccc2)CS(=O)(=O)C3)cc1. The second-order valence-electron chi connectivity index (χ2n) is 6.63. The van der Waals surface area contributed by atoms with Gasteiger partial charge >= 0.3 is 0 Å². The van der Waals surface area contributed by atoms with Crippen molar-refractivity contribution in [2.24, 2.45) is 0 Å². The Hall–Kier alpha value is -3.13. The molecule has 2 heterocycles. The first-order valence-electron chi connectivity index (χ1n) is 8.74. The van der Waals surface area contributed by atoms with Crippen molar-refractivity contribution in [3.8, 4) is 11.4 Å². The topological polar surface area (TPSA) is 90.3 Å². The molecule has 1 N–H and O–H groups in total. The summed E-state index contributed by atoms with van der Waals surface area (Å²) in [5.74, 6) is 0.668. The number of ether oxygens (including phenoxy) is 1. The fourth-order valence-electron chi connectivity index (χ4n) is 3.23. The average Bonchev–Trinajstić information content (AvgIpc) is 3.15. The van der Waals surface area contributed by atoms with E-state index in [-0.39, 0.29) is 23.8 Å². The van der Waals surface area contributed by atoms with E-state index in [4.69, 9.17) is 4.74 Å². The molecule has 4 rings (SSSR count). The molecule has 0 saturated heterocycles. The number of rotatable bonds is 5. The minimum atomic E-state index is -3.23. The van der Waals surface area contributed by atoms with Gasteiger partial charge in [0.25, 0.3) is 0 Å². The van der Waals surface area contributed by atoms with Gasteiger partial charge in [-0.15, -0.1) is 0 Å². The number of methoxy groups -OCH3 is 1. The predicted octanol–water partition coefficient (Wildman–Crippen LogP) is 2.49. The third kappa shape index (κ3) is 3.63. The summed E-state index contributed by atoms with van der Waals surface area (Å²) in [6, 6.07) is 16.5. The molecular formula is C20H19N3O4S. The maximum Gasteiger partial charge on any atom is 0.229 e. The standard InChI is InChI=1S/C20H19N3O4S/c1-27-16-9-7-14(8-10-16)11-19(24)21-20-17-12-28(25,26)13-18(17)22-23(20)15-5-3-2-4-6-15/h2-10H,11-13H2,1H3,(H,21,24). The van der Waals surface area contributed by atoms with Crippen molar-refractivity contribution >= 4 is 21.6 Å². The van der Waals surface area contributed by atoms with E-state index in [0.717, 1.165) is 11.3 Å². The molecule has 28 heavy (non-hydrogen) atoms. The Labute approximate surface area is 162 Å². The molecule has 8 heteroatoms. The van der Waals surface area contributed by atoms with Gasteiger partial charge in [-0.2, -0.15) is 5.10 Å². The summed E-state index contributed by atoms with van der Waals surface area (Å²) in [5.41, 5.74) is 2.64. The van der Waals surface area contributed by atoms with Crippen molar-refractivity contribution in [1.29, 1.82) is 0 Å². The first-order valence-corrected chi connectivity index (χ1v) is 10.6. The van der Waals surface area contributed by atoms with Crippen molar-refractivity contribution in [1.82, 2.24) is 9.78 Å². The molecule has 144 valence electrons. The fraction of sp³-hybridized carbons (Fsp3) is 0.200. The van der Waals surface area contributed by atoms with Crippen molar-refractivity contribution in [3.05, 3.63) is 71.4 Å². The normalized spacial score (nSPS) is 14.5. The number of amides is 1. The molecule has 1 aromatic heterocycles. The lowest BCUT2D eigenvalue weighted by molar-refractivity contribution is -0.115. The highest BCUT2D eigenvalue weighted by Crippen LogP contribution is 2.33. The summed E-state index contributed by atoms with van der Waals surface area (Å²) >= 11 is 0. The number of fused-ring (bicyclic) bond motifs is 1. The maximum atomic E-state index is 12.6. The maximum absolute atomic E-state index is 12.6. The van der Waals surface area contributed by atoms with Gasteiger partial charge in [-0.25, -0.2) is 13.1 Å². The van der Waals surface area contributed by atoms with Crippen LogP contribution in [0.25, 0.3) is 5.69 Å². The molecular weight excluding hydrogens is 378 g/mol. The highest BCUT2D eigenvalue weighted by molar-refractivity contribution is 7.90. The van der Waals surface area contributed by atoms with E-state index < -0.39 is 9.84 Å². The summed E-state index contributed by atoms with van der Waals surface area (Å²) in [6.45, 7) is 0. The van der Waals surface area contributed by atoms with Crippen LogP contribution in [0.1, 0.15) is 16.8 Å². The number of hydrogen-bond acceptors (Lipinski definition) is 5. The Morgan fingerprint density at radius 3 is 2.50 bits per heavy atom. The van der Waals surface area contributed by atoms with Crippen LogP contribution >= 0.6 is 0 Å². The zero-order chi connectivity index (χ0) is 19.7. The smallest absolute Gasteiger partial charge is 0.229 e. The van der Waals surface area contributed by atoms with Gasteiger partial charge in [0.1, 0.15) is 11.6 Å². The number of benzene rings is 2. The van der Waals surface area contributed by atoms with Crippen LogP contribution < -0.4 is 10.1 Å². The molecule has 0 aliphatic carbocycles. The highest BCUT2D eigenvalue weighted by Gasteiger charge is 2.33. The number of nitrogens with zero attached hydrogens (tertiary/aromatic N) is 2. The molecule has 3 aromatic rings. The lowest BCUT2D eigenvalue weighted by atomic mass is 10.1. The van der Waals surface area contributed by atoms with Crippen LogP contribution in [0.3, 0.4) is 0 Å². The van der Waals surface area contributed by atoms with Gasteiger partial charge in [0.05, 0.1) is 36.4 Å². The van der Waals surface area contributed by atoms with E-state index >= 15 is 0 Å². The molecule has 0 radical (unpaired) electrons. The van der Waals surface area contributed by atoms with Crippen LogP contribution in [0.2, 0.25) is 0 Å². The zero-order valence-corrected chi connectivity index (χ0v) is 16.1. The summed E-state index contributed by atoms with van der Waals surface area (Å²) < 4.78 is 30.8. The Morgan fingerprint density at radius 2 is 1.82 bits per heavy atom. The van der Waals surface area contributed by atoms with E-state index in [2.05, 4.69) is 10.4 Å². The van der Waals surface area contributed by atoms with E-state index in [1.54, 1.807) is 23.9 Å². The van der Waals surface area contributed by atoms with Gasteiger partial charge in [-0.05, 0) is 29.8 Å². The average molecular weight is 397 g/mol. The first-order chi connectivity index (χ1) is 13.4. The molecule has 0 atom stereocenters. The zero-order valence-electron chi connectivity index (χ0n) is 15.3. The largest absolute Gasteiger partial charge is 0.497 e. The van der Waals surface area contributed by atoms with Gasteiger partial charge in [0.2, 0.25) is 5.91 Å². The van der Waals surface area contributed by atoms with Crippen LogP contribution in [-0.4, -0.2) is 31.2 Å². The number of anilines is 1. The van der Waals surface area contributed by atoms with E-state index in [1.165, 1.54) is 0 Å². The van der Waals surface area contributed by atoms with Gasteiger partial charge in [-0.3, -0.25) is 4.79 Å². The van der Waals surface area contributed by atoms with Crippen LogP contribution in [0.15, 0.2) is 54.6 Å². The summed E-state index contributed by atoms with van der Waals surface area (Å²) in [5, 5.41) is 7.32. The van der Waals surface area contributed by atoms with E-state index in [0.29, 0.717) is 22.8 Å². The number of aromatic nitrogens is 2. The molecule has 1 aliphatic rings. The highest BCUT2D eigenvalue weighted by atomic mass is 32.2. The third-order valence-electron chi connectivity index (χ3n) is 4.57. The lowest BCUT2D eigenvalue weighted by Gasteiger charge is -2.11. The third-order valence-corrected chi connectivity index (χ3v) is 6.01. The molecule has 0 spiro atoms. The Morgan fingerprint density at radius 1 is 1.11 bits per heavy atom. The van der Waals surface area contributed by atoms with Crippen molar-refractivity contribution < 1.29 is 17.9 Å². The van der Waals surface area contributed by atoms with Crippen molar-refractivity contribution in [2.45, 2.75) is 17.9 Å². The molecule has 1 aliphatic heterocycles. The Kier molecular flexibility index (Phi) is 4.64. The minimum Gasteiger partial charge on any atom is -0.497 e. The quantitative estimate of drug-likeness (QED) is 0.714. The van der Waals surface area contributed by atoms with Crippen LogP contribution in [0, 0.1) is 0 Å². The Bertz CT molecular complexity index is 1120. The molecule has 7 nitrogen and oxygen atoms in total. The monoisotopic (exact) mass is 397 g/mol. The number of sulfone groups is 1. The van der Waals surface area contributed by atoms with Crippen LogP contribution in [-0.2, 0) is 32.6 Å². The summed E-state index contributed by atoms with van der Waals surface area (Å²) in [4.78, 5) is 12.6. The second kappa shape index (κ2) is 7.12. The molecule has 0 saturated carbocycles. The van der Waals surface area contributed by atoms with E-state index in [1.807, 2.05) is 42.5 Å². The van der Waals surface area contributed by atoms with Crippen molar-refractivity contribution in [3.63, 3.8) is 0 Å². The van der Waals surface area contributed by atoms with Crippen molar-refractivity contribution in [2.75, 3.05) is 12.4 Å². The van der Waals surface area contributed by atoms with Gasteiger partial charge in [-0.1, -0.05) is 30.3 Å². The molecule has 2 aromatic carbocycles. The second-order valence-corrected chi connectivity index (χ2v) is 8.69. The summed E-state index contributed by atoms with van der Waals surface area (Å²) in [6.07, 6.45) is 0.158. The first kappa shape index (κ1) is 18.2. The number of carbonyl (C=O) groups is 1. The van der Waals surface area contributed by atoms with E-state index in [9.17, 15) is 13.2 Å². The van der Waals surface area contributed by atoms with Crippen LogP contribution in [0.4, 0.5) is 5.82 Å². The number of hydrogen-bond donors (Lipinski definition) is 1. The number of carbonyl (C=O) groups excluding carboxylic acids is 1.